The van der Waals surface area contributed by atoms with Crippen molar-refractivity contribution >= 4 is 44.1 Å². The molecule has 2 aromatic carbocycles. The van der Waals surface area contributed by atoms with Crippen LogP contribution in [-0.4, -0.2) is 111 Å². The number of phenols is 1. The van der Waals surface area contributed by atoms with Crippen molar-refractivity contribution in [2.75, 3.05) is 38.1 Å². The summed E-state index contributed by atoms with van der Waals surface area (Å²) in [5.41, 5.74) is -0.657. The minimum absolute atomic E-state index is 0.0478. The second kappa shape index (κ2) is 16.6. The van der Waals surface area contributed by atoms with Crippen LogP contribution in [0.2, 0.25) is 0 Å². The van der Waals surface area contributed by atoms with Crippen LogP contribution in [0.4, 0.5) is 0 Å². The summed E-state index contributed by atoms with van der Waals surface area (Å²) in [6.07, 6.45) is 7.71. The van der Waals surface area contributed by atoms with Crippen molar-refractivity contribution in [3.8, 4) is 11.5 Å². The summed E-state index contributed by atoms with van der Waals surface area (Å²) in [6.45, 7) is 3.88. The Morgan fingerprint density at radius 1 is 0.983 bits per heavy atom. The number of rotatable bonds is 8. The van der Waals surface area contributed by atoms with Crippen LogP contribution in [0, 0.1) is 40.9 Å². The first-order chi connectivity index (χ1) is 27.8. The number of benzene rings is 2. The Kier molecular flexibility index (Phi) is 12.2. The highest BCUT2D eigenvalue weighted by Crippen LogP contribution is 2.67. The van der Waals surface area contributed by atoms with Crippen LogP contribution in [-0.2, 0) is 14.2 Å². The summed E-state index contributed by atoms with van der Waals surface area (Å²) in [5.74, 6) is -0.271. The molecular formula is C44H60O12S2. The molecule has 8 rings (SSSR count). The third-order valence-corrected chi connectivity index (χ3v) is 17.5. The minimum Gasteiger partial charge on any atom is -0.506 e. The fourth-order valence-corrected chi connectivity index (χ4v) is 15.4. The molecule has 3 spiro atoms. The van der Waals surface area contributed by atoms with Gasteiger partial charge >= 0.3 is 5.97 Å². The fraction of sp³-hybridized carbons (Fsp3) is 0.727. The number of fused-ring (bicyclic) bond motifs is 1. The van der Waals surface area contributed by atoms with Crippen molar-refractivity contribution in [2.45, 2.75) is 128 Å². The van der Waals surface area contributed by atoms with Gasteiger partial charge in [0, 0.05) is 24.4 Å². The summed E-state index contributed by atoms with van der Waals surface area (Å²) >= 11 is 0. The van der Waals surface area contributed by atoms with E-state index in [9.17, 15) is 40.2 Å². The maximum atomic E-state index is 12.6. The Balaban J connectivity index is 1.13. The predicted octanol–water partition coefficient (Wildman–Crippen LogP) is 6.62. The van der Waals surface area contributed by atoms with E-state index >= 15 is 0 Å². The topological polar surface area (TPSA) is 192 Å². The lowest BCUT2D eigenvalue weighted by Crippen LogP contribution is -2.69. The Hall–Kier alpha value is -2.14. The second-order valence-electron chi connectivity index (χ2n) is 18.8. The SMILES string of the molecule is CC(=O)c1c(C)cc2cc(C(=O)O)cc(O[C@@H]3O[C@H](CO)[C@]4(CC[C@@H]5C[C@]6(CCC7(CCCC7)C6)C[C@H]6COC[C@@](CCCO)(CSSCO4)[C@@H]56)[C@H](O)[C@H]3O)c2c1O. The second-order valence-corrected chi connectivity index (χ2v) is 21.2. The number of phenolic OH excluding ortho intramolecular Hbond substituents is 1. The summed E-state index contributed by atoms with van der Waals surface area (Å²) < 4.78 is 25.7. The number of ketones is 1. The number of aromatic hydroxyl groups is 1. The first-order valence-electron chi connectivity index (χ1n) is 21.2. The highest BCUT2D eigenvalue weighted by molar-refractivity contribution is 8.76. The monoisotopic (exact) mass is 844 g/mol. The van der Waals surface area contributed by atoms with Gasteiger partial charge in [0.25, 0.3) is 0 Å². The van der Waals surface area contributed by atoms with Crippen molar-refractivity contribution < 1.29 is 59.2 Å². The molecule has 58 heavy (non-hydrogen) atoms. The molecule has 2 aromatic rings. The molecule has 0 unspecified atom stereocenters. The summed E-state index contributed by atoms with van der Waals surface area (Å²) in [6, 6.07) is 4.14. The average molecular weight is 845 g/mol. The molecule has 0 radical (unpaired) electrons. The van der Waals surface area contributed by atoms with E-state index in [4.69, 9.17) is 18.9 Å². The number of ether oxygens (including phenoxy) is 4. The number of carbonyl (C=O) groups excluding carboxylic acids is 1. The number of carboxylic acid groups (broad SMARTS) is 1. The van der Waals surface area contributed by atoms with Crippen molar-refractivity contribution in [3.05, 3.63) is 34.9 Å². The molecule has 320 valence electrons. The lowest BCUT2D eigenvalue weighted by molar-refractivity contribution is -0.323. The third-order valence-electron chi connectivity index (χ3n) is 15.3. The minimum atomic E-state index is -1.71. The van der Waals surface area contributed by atoms with Crippen molar-refractivity contribution in [1.82, 2.24) is 0 Å². The maximum absolute atomic E-state index is 12.6. The van der Waals surface area contributed by atoms with Gasteiger partial charge in [-0.25, -0.2) is 4.79 Å². The zero-order valence-electron chi connectivity index (χ0n) is 33.7. The quantitative estimate of drug-likeness (QED) is 0.123. The number of hydrogen-bond donors (Lipinski definition) is 6. The molecule has 6 N–H and O–H groups in total. The molecule has 3 aliphatic carbocycles. The van der Waals surface area contributed by atoms with E-state index in [1.54, 1.807) is 23.8 Å². The highest BCUT2D eigenvalue weighted by atomic mass is 33.1. The van der Waals surface area contributed by atoms with Crippen LogP contribution in [0.3, 0.4) is 0 Å². The summed E-state index contributed by atoms with van der Waals surface area (Å²) in [7, 11) is 3.22. The molecule has 0 amide bonds. The van der Waals surface area contributed by atoms with E-state index in [0.717, 1.165) is 31.6 Å². The zero-order chi connectivity index (χ0) is 41.0. The van der Waals surface area contributed by atoms with Gasteiger partial charge in [-0.3, -0.25) is 4.79 Å². The standard InChI is InChI=1S/C44H60O12S2/c1-25-14-28-15-29(39(51)52)16-31(34(28)36(48)33(25)26(2)47)55-40-37(49)38(50)44(32(19-46)56-40)10-6-27-17-42(12-11-41(21-42)7-3-4-8-41)18-30-20-53-22-43(35(27)30,9-5-13-45)23-57-58-24-54-44/h14-16,27,30,32,35,37-38,40,45-46,48-50H,3-13,17-24H2,1-2H3,(H,51,52)/t27-,30+,32-,35+,37-,38-,40-,42-,43+,44-/m1/s1. The zero-order valence-corrected chi connectivity index (χ0v) is 35.3. The van der Waals surface area contributed by atoms with Crippen LogP contribution in [0.1, 0.15) is 117 Å². The third kappa shape index (κ3) is 7.48. The molecular weight excluding hydrogens is 785 g/mol. The van der Waals surface area contributed by atoms with Crippen LogP contribution < -0.4 is 4.74 Å². The van der Waals surface area contributed by atoms with Crippen molar-refractivity contribution in [1.29, 1.82) is 0 Å². The van der Waals surface area contributed by atoms with Gasteiger partial charge in [-0.2, -0.15) is 0 Å². The van der Waals surface area contributed by atoms with E-state index in [0.29, 0.717) is 54.1 Å². The Morgan fingerprint density at radius 3 is 2.47 bits per heavy atom. The molecule has 0 aromatic heterocycles. The van der Waals surface area contributed by atoms with Crippen LogP contribution in [0.25, 0.3) is 10.8 Å². The smallest absolute Gasteiger partial charge is 0.335 e. The summed E-state index contributed by atoms with van der Waals surface area (Å²) in [4.78, 5) is 24.8. The Morgan fingerprint density at radius 2 is 1.74 bits per heavy atom. The number of aliphatic hydroxyl groups excluding tert-OH is 4. The van der Waals surface area contributed by atoms with Gasteiger partial charge in [-0.15, -0.1) is 0 Å². The Bertz CT molecular complexity index is 1870. The number of aromatic carboxylic acids is 1. The van der Waals surface area contributed by atoms with Gasteiger partial charge < -0.3 is 49.6 Å². The number of aliphatic hydroxyl groups is 4. The average Bonchev–Trinajstić information content (AvgIpc) is 3.79. The molecule has 14 heteroatoms. The molecule has 0 bridgehead atoms. The van der Waals surface area contributed by atoms with E-state index in [-0.39, 0.29) is 51.6 Å². The number of hydrogen-bond acceptors (Lipinski definition) is 13. The molecule has 3 saturated heterocycles. The van der Waals surface area contributed by atoms with Gasteiger partial charge in [0.05, 0.1) is 29.7 Å². The largest absolute Gasteiger partial charge is 0.506 e. The van der Waals surface area contributed by atoms with Gasteiger partial charge in [0.2, 0.25) is 6.29 Å². The molecule has 3 aliphatic heterocycles. The van der Waals surface area contributed by atoms with Crippen LogP contribution in [0.15, 0.2) is 18.2 Å². The van der Waals surface area contributed by atoms with E-state index in [2.05, 4.69) is 0 Å². The fourth-order valence-electron chi connectivity index (χ4n) is 13.1. The number of Topliss-reactive ketones (excluding diaryl/α,β-unsaturated/α-hetero) is 1. The molecule has 3 saturated carbocycles. The van der Waals surface area contributed by atoms with Crippen LogP contribution in [0.5, 0.6) is 11.5 Å². The van der Waals surface area contributed by atoms with Gasteiger partial charge in [0.1, 0.15) is 41.4 Å². The first-order valence-corrected chi connectivity index (χ1v) is 23.7. The molecule has 12 nitrogen and oxygen atoms in total. The molecule has 6 aliphatic rings. The highest BCUT2D eigenvalue weighted by Gasteiger charge is 2.62. The first kappa shape index (κ1) is 42.5. The van der Waals surface area contributed by atoms with Crippen molar-refractivity contribution in [3.63, 3.8) is 0 Å². The number of carbonyl (C=O) groups is 2. The lowest BCUT2D eigenvalue weighted by Gasteiger charge is -2.58. The predicted molar refractivity (Wildman–Crippen MR) is 220 cm³/mol. The molecule has 6 fully saturated rings. The molecule has 10 atom stereocenters. The lowest BCUT2D eigenvalue weighted by atomic mass is 9.50. The number of aryl methyl sites for hydroxylation is 1. The van der Waals surface area contributed by atoms with Gasteiger partial charge in [0.15, 0.2) is 5.78 Å². The van der Waals surface area contributed by atoms with E-state index < -0.39 is 54.3 Å². The van der Waals surface area contributed by atoms with Gasteiger partial charge in [-0.05, 0) is 136 Å². The Labute approximate surface area is 348 Å². The van der Waals surface area contributed by atoms with E-state index in [1.807, 2.05) is 0 Å². The number of carboxylic acids is 1. The van der Waals surface area contributed by atoms with Crippen LogP contribution >= 0.6 is 21.6 Å². The normalized spacial score (nSPS) is 37.5. The van der Waals surface area contributed by atoms with Crippen molar-refractivity contribution in [2.24, 2.45) is 34.0 Å². The maximum Gasteiger partial charge on any atom is 0.335 e. The summed E-state index contributed by atoms with van der Waals surface area (Å²) in [5, 5.41) is 67.0. The van der Waals surface area contributed by atoms with E-state index in [1.165, 1.54) is 74.8 Å². The molecule has 3 heterocycles. The van der Waals surface area contributed by atoms with Gasteiger partial charge in [-0.1, -0.05) is 40.5 Å².